The highest BCUT2D eigenvalue weighted by Crippen LogP contribution is 2.12. The molecule has 17 heavy (non-hydrogen) atoms. The van der Waals surface area contributed by atoms with Crippen molar-refractivity contribution in [3.8, 4) is 5.75 Å². The van der Waals surface area contributed by atoms with E-state index in [0.717, 1.165) is 6.42 Å². The Balaban J connectivity index is 1.72. The monoisotopic (exact) mass is 239 g/mol. The van der Waals surface area contributed by atoms with Gasteiger partial charge in [-0.2, -0.15) is 0 Å². The molecule has 1 saturated heterocycles. The number of amides is 1. The third-order valence-electron chi connectivity index (χ3n) is 2.43. The van der Waals surface area contributed by atoms with Crippen molar-refractivity contribution in [2.45, 2.75) is 12.8 Å². The first-order valence-electron chi connectivity index (χ1n) is 5.57. The Bertz CT molecular complexity index is 374. The summed E-state index contributed by atoms with van der Waals surface area (Å²) in [5, 5.41) is 1.37. The number of benzene rings is 1. The maximum Gasteiger partial charge on any atom is 0.249 e. The molecule has 0 aliphatic carbocycles. The van der Waals surface area contributed by atoms with Gasteiger partial charge in [0.05, 0.1) is 26.2 Å². The summed E-state index contributed by atoms with van der Waals surface area (Å²) in [7, 11) is 0. The van der Waals surface area contributed by atoms with E-state index in [1.807, 2.05) is 0 Å². The van der Waals surface area contributed by atoms with Crippen LogP contribution in [0.2, 0.25) is 0 Å². The molecule has 1 aliphatic heterocycles. The lowest BCUT2D eigenvalue weighted by Gasteiger charge is -2.13. The molecule has 0 spiro atoms. The Hall–Kier alpha value is -1.62. The predicted molar refractivity (Wildman–Crippen MR) is 58.8 cm³/mol. The average Bonchev–Trinajstić information content (AvgIpc) is 2.85. The van der Waals surface area contributed by atoms with Crippen LogP contribution in [0.4, 0.5) is 4.39 Å². The lowest BCUT2D eigenvalue weighted by molar-refractivity contribution is -0.169. The fourth-order valence-corrected chi connectivity index (χ4v) is 1.56. The largest absolute Gasteiger partial charge is 0.493 e. The minimum absolute atomic E-state index is 0.0791. The van der Waals surface area contributed by atoms with E-state index in [4.69, 9.17) is 9.57 Å². The number of ether oxygens (including phenoxy) is 1. The van der Waals surface area contributed by atoms with Gasteiger partial charge in [0, 0.05) is 0 Å². The van der Waals surface area contributed by atoms with Gasteiger partial charge in [0.15, 0.2) is 0 Å². The molecule has 0 radical (unpaired) electrons. The van der Waals surface area contributed by atoms with Crippen molar-refractivity contribution in [1.29, 1.82) is 0 Å². The second kappa shape index (κ2) is 5.63. The van der Waals surface area contributed by atoms with Crippen LogP contribution in [-0.4, -0.2) is 30.7 Å². The lowest BCUT2D eigenvalue weighted by atomic mass is 10.3. The Morgan fingerprint density at radius 2 is 2.18 bits per heavy atom. The fraction of sp³-hybridized carbons (Fsp3) is 0.417. The van der Waals surface area contributed by atoms with Crippen molar-refractivity contribution in [2.75, 3.05) is 19.8 Å². The van der Waals surface area contributed by atoms with Crippen LogP contribution in [0, 0.1) is 5.82 Å². The summed E-state index contributed by atoms with van der Waals surface area (Å²) in [5.41, 5.74) is 0. The summed E-state index contributed by atoms with van der Waals surface area (Å²) in [5.74, 6) is 0.171. The summed E-state index contributed by atoms with van der Waals surface area (Å²) in [6.07, 6.45) is 1.14. The Kier molecular flexibility index (Phi) is 3.93. The van der Waals surface area contributed by atoms with Gasteiger partial charge in [-0.15, -0.1) is 0 Å². The Labute approximate surface area is 98.9 Å². The quantitative estimate of drug-likeness (QED) is 0.803. The first-order chi connectivity index (χ1) is 8.25. The third-order valence-corrected chi connectivity index (χ3v) is 2.43. The first kappa shape index (κ1) is 11.9. The van der Waals surface area contributed by atoms with Gasteiger partial charge in [0.25, 0.3) is 0 Å². The van der Waals surface area contributed by atoms with Crippen LogP contribution in [0.3, 0.4) is 0 Å². The van der Waals surface area contributed by atoms with Crippen molar-refractivity contribution in [3.05, 3.63) is 30.1 Å². The molecular formula is C12H14FNO3. The molecule has 1 aliphatic rings. The number of halogens is 1. The normalized spacial score (nSPS) is 15.0. The summed E-state index contributed by atoms with van der Waals surface area (Å²) >= 11 is 0. The SMILES string of the molecule is O=C(CCOc1ccc(F)cc1)N1CCCO1. The van der Waals surface area contributed by atoms with Crippen LogP contribution in [0.1, 0.15) is 12.8 Å². The van der Waals surface area contributed by atoms with E-state index in [0.29, 0.717) is 18.9 Å². The maximum atomic E-state index is 12.6. The van der Waals surface area contributed by atoms with Crippen LogP contribution in [0.15, 0.2) is 24.3 Å². The van der Waals surface area contributed by atoms with E-state index in [1.54, 1.807) is 0 Å². The van der Waals surface area contributed by atoms with Crippen LogP contribution in [-0.2, 0) is 9.63 Å². The van der Waals surface area contributed by atoms with Gasteiger partial charge in [-0.1, -0.05) is 0 Å². The minimum atomic E-state index is -0.307. The maximum absolute atomic E-state index is 12.6. The Morgan fingerprint density at radius 1 is 1.41 bits per heavy atom. The molecule has 0 atom stereocenters. The van der Waals surface area contributed by atoms with Crippen molar-refractivity contribution in [1.82, 2.24) is 5.06 Å². The molecule has 2 rings (SSSR count). The summed E-state index contributed by atoms with van der Waals surface area (Å²) in [6, 6.07) is 5.71. The fourth-order valence-electron chi connectivity index (χ4n) is 1.56. The molecular weight excluding hydrogens is 225 g/mol. The zero-order valence-electron chi connectivity index (χ0n) is 9.39. The molecule has 4 nitrogen and oxygen atoms in total. The van der Waals surface area contributed by atoms with E-state index < -0.39 is 0 Å². The average molecular weight is 239 g/mol. The van der Waals surface area contributed by atoms with Crippen molar-refractivity contribution >= 4 is 5.91 Å². The molecule has 1 amide bonds. The third kappa shape index (κ3) is 3.42. The molecule has 1 heterocycles. The van der Waals surface area contributed by atoms with Gasteiger partial charge in [0.2, 0.25) is 5.91 Å². The number of rotatable bonds is 4. The second-order valence-electron chi connectivity index (χ2n) is 3.74. The zero-order valence-corrected chi connectivity index (χ0v) is 9.39. The highest BCUT2D eigenvalue weighted by molar-refractivity contribution is 5.75. The van der Waals surface area contributed by atoms with E-state index in [1.165, 1.54) is 29.3 Å². The molecule has 92 valence electrons. The van der Waals surface area contributed by atoms with Crippen LogP contribution < -0.4 is 4.74 Å². The molecule has 0 unspecified atom stereocenters. The predicted octanol–water partition coefficient (Wildman–Crippen LogP) is 1.76. The summed E-state index contributed by atoms with van der Waals surface area (Å²) in [6.45, 7) is 1.52. The molecule has 1 aromatic carbocycles. The van der Waals surface area contributed by atoms with E-state index in [-0.39, 0.29) is 24.8 Å². The minimum Gasteiger partial charge on any atom is -0.493 e. The number of nitrogens with zero attached hydrogens (tertiary/aromatic N) is 1. The molecule has 0 bridgehead atoms. The standard InChI is InChI=1S/C12H14FNO3/c13-10-2-4-11(5-3-10)16-9-6-12(15)14-7-1-8-17-14/h2-5H,1,6-9H2. The lowest BCUT2D eigenvalue weighted by Crippen LogP contribution is -2.27. The van der Waals surface area contributed by atoms with E-state index in [9.17, 15) is 9.18 Å². The molecule has 5 heteroatoms. The van der Waals surface area contributed by atoms with Gasteiger partial charge in [-0.3, -0.25) is 9.63 Å². The molecule has 1 aromatic rings. The van der Waals surface area contributed by atoms with Crippen molar-refractivity contribution in [3.63, 3.8) is 0 Å². The number of carbonyl (C=O) groups is 1. The zero-order chi connectivity index (χ0) is 12.1. The summed E-state index contributed by atoms with van der Waals surface area (Å²) < 4.78 is 17.9. The second-order valence-corrected chi connectivity index (χ2v) is 3.74. The molecule has 0 saturated carbocycles. The highest BCUT2D eigenvalue weighted by Gasteiger charge is 2.18. The van der Waals surface area contributed by atoms with Gasteiger partial charge in [-0.05, 0) is 30.7 Å². The van der Waals surface area contributed by atoms with Gasteiger partial charge in [0.1, 0.15) is 11.6 Å². The van der Waals surface area contributed by atoms with Crippen molar-refractivity contribution in [2.24, 2.45) is 0 Å². The molecule has 0 aromatic heterocycles. The smallest absolute Gasteiger partial charge is 0.249 e. The molecule has 1 fully saturated rings. The number of carbonyl (C=O) groups excluding carboxylic acids is 1. The van der Waals surface area contributed by atoms with Gasteiger partial charge < -0.3 is 4.74 Å². The van der Waals surface area contributed by atoms with Crippen LogP contribution >= 0.6 is 0 Å². The highest BCUT2D eigenvalue weighted by atomic mass is 19.1. The summed E-state index contributed by atoms with van der Waals surface area (Å²) in [4.78, 5) is 16.7. The topological polar surface area (TPSA) is 38.8 Å². The van der Waals surface area contributed by atoms with Crippen molar-refractivity contribution < 1.29 is 18.8 Å². The van der Waals surface area contributed by atoms with E-state index in [2.05, 4.69) is 0 Å². The number of hydrogen-bond donors (Lipinski definition) is 0. The van der Waals surface area contributed by atoms with Crippen LogP contribution in [0.25, 0.3) is 0 Å². The first-order valence-corrected chi connectivity index (χ1v) is 5.57. The van der Waals surface area contributed by atoms with Gasteiger partial charge in [-0.25, -0.2) is 9.45 Å². The Morgan fingerprint density at radius 3 is 2.82 bits per heavy atom. The van der Waals surface area contributed by atoms with Crippen LogP contribution in [0.5, 0.6) is 5.75 Å². The van der Waals surface area contributed by atoms with Gasteiger partial charge >= 0.3 is 0 Å². The molecule has 0 N–H and O–H groups in total. The number of hydrogen-bond acceptors (Lipinski definition) is 3. The number of hydroxylamine groups is 2. The van der Waals surface area contributed by atoms with E-state index >= 15 is 0 Å².